The fourth-order valence-corrected chi connectivity index (χ4v) is 3.16. The summed E-state index contributed by atoms with van der Waals surface area (Å²) in [7, 11) is 0. The van der Waals surface area contributed by atoms with Crippen molar-refractivity contribution < 1.29 is 9.59 Å². The topological polar surface area (TPSA) is 85.9 Å². The molecule has 2 aromatic carbocycles. The molecule has 0 aliphatic carbocycles. The Morgan fingerprint density at radius 1 is 0.750 bits per heavy atom. The van der Waals surface area contributed by atoms with E-state index in [2.05, 4.69) is 9.97 Å². The van der Waals surface area contributed by atoms with Gasteiger partial charge < -0.3 is 5.73 Å². The third-order valence-corrected chi connectivity index (χ3v) is 4.75. The van der Waals surface area contributed by atoms with E-state index in [1.54, 1.807) is 12.1 Å². The summed E-state index contributed by atoms with van der Waals surface area (Å²) in [5, 5.41) is 1.94. The van der Waals surface area contributed by atoms with E-state index >= 15 is 0 Å². The Morgan fingerprint density at radius 2 is 1.29 bits per heavy atom. The number of Topliss-reactive ketones (excluding diaryl/α,β-unsaturated/α-hetero) is 2. The van der Waals surface area contributed by atoms with Gasteiger partial charge in [-0.3, -0.25) is 9.59 Å². The average molecular weight is 369 g/mol. The summed E-state index contributed by atoms with van der Waals surface area (Å²) < 4.78 is 0. The zero-order chi connectivity index (χ0) is 19.5. The lowest BCUT2D eigenvalue weighted by Crippen LogP contribution is -2.31. The zero-order valence-corrected chi connectivity index (χ0v) is 15.2. The van der Waals surface area contributed by atoms with E-state index in [9.17, 15) is 9.59 Å². The molecular formula is C23H19N3O2. The maximum absolute atomic E-state index is 12.6. The van der Waals surface area contributed by atoms with Crippen LogP contribution < -0.4 is 5.73 Å². The highest BCUT2D eigenvalue weighted by molar-refractivity contribution is 6.01. The first kappa shape index (κ1) is 17.9. The maximum atomic E-state index is 12.6. The van der Waals surface area contributed by atoms with Gasteiger partial charge in [-0.1, -0.05) is 48.5 Å². The molecule has 0 radical (unpaired) electrons. The fourth-order valence-electron chi connectivity index (χ4n) is 3.16. The van der Waals surface area contributed by atoms with Crippen LogP contribution in [0.3, 0.4) is 0 Å². The summed E-state index contributed by atoms with van der Waals surface area (Å²) in [6, 6.07) is 21.5. The Hall–Kier alpha value is -3.44. The van der Waals surface area contributed by atoms with Crippen LogP contribution in [-0.2, 0) is 0 Å². The lowest BCUT2D eigenvalue weighted by atomic mass is 10.0. The molecule has 4 rings (SSSR count). The Morgan fingerprint density at radius 3 is 1.93 bits per heavy atom. The molecule has 0 fully saturated rings. The molecule has 0 saturated carbocycles. The van der Waals surface area contributed by atoms with Crippen LogP contribution >= 0.6 is 0 Å². The van der Waals surface area contributed by atoms with Crippen molar-refractivity contribution in [1.82, 2.24) is 9.97 Å². The Balaban J connectivity index is 1.44. The molecule has 0 aliphatic heterocycles. The van der Waals surface area contributed by atoms with Gasteiger partial charge in [-0.05, 0) is 30.7 Å². The predicted molar refractivity (Wildman–Crippen MR) is 109 cm³/mol. The maximum Gasteiger partial charge on any atom is 0.197 e. The van der Waals surface area contributed by atoms with Crippen LogP contribution in [0.5, 0.6) is 0 Å². The first-order chi connectivity index (χ1) is 13.6. The van der Waals surface area contributed by atoms with Gasteiger partial charge in [0, 0.05) is 17.2 Å². The molecule has 1 atom stereocenters. The van der Waals surface area contributed by atoms with Crippen molar-refractivity contribution in [2.75, 3.05) is 0 Å². The Kier molecular flexibility index (Phi) is 4.91. The molecule has 2 heterocycles. The van der Waals surface area contributed by atoms with Crippen molar-refractivity contribution in [1.29, 1.82) is 0 Å². The highest BCUT2D eigenvalue weighted by atomic mass is 16.1. The van der Waals surface area contributed by atoms with Gasteiger partial charge in [-0.15, -0.1) is 0 Å². The van der Waals surface area contributed by atoms with Crippen molar-refractivity contribution in [2.45, 2.75) is 18.9 Å². The highest BCUT2D eigenvalue weighted by Gasteiger charge is 2.19. The van der Waals surface area contributed by atoms with Gasteiger partial charge in [0.15, 0.2) is 11.6 Å². The minimum Gasteiger partial charge on any atom is -0.321 e. The second-order valence-electron chi connectivity index (χ2n) is 6.71. The number of rotatable bonds is 6. The van der Waals surface area contributed by atoms with Gasteiger partial charge in [-0.2, -0.15) is 0 Å². The van der Waals surface area contributed by atoms with Crippen molar-refractivity contribution in [2.24, 2.45) is 5.73 Å². The lowest BCUT2D eigenvalue weighted by molar-refractivity contribution is 0.0933. The van der Waals surface area contributed by atoms with Crippen molar-refractivity contribution >= 4 is 33.4 Å². The van der Waals surface area contributed by atoms with Gasteiger partial charge in [0.1, 0.15) is 11.4 Å². The monoisotopic (exact) mass is 369 g/mol. The molecule has 5 heteroatoms. The fraction of sp³-hybridized carbons (Fsp3) is 0.130. The number of benzene rings is 2. The predicted octanol–water partition coefficient (Wildman–Crippen LogP) is 3.96. The molecule has 0 bridgehead atoms. The summed E-state index contributed by atoms with van der Waals surface area (Å²) >= 11 is 0. The number of para-hydroxylation sites is 2. The van der Waals surface area contributed by atoms with Gasteiger partial charge in [0.05, 0.1) is 17.1 Å². The van der Waals surface area contributed by atoms with E-state index in [4.69, 9.17) is 5.73 Å². The molecule has 0 spiro atoms. The summed E-state index contributed by atoms with van der Waals surface area (Å²) in [5.74, 6) is -0.384. The molecule has 0 aliphatic rings. The van der Waals surface area contributed by atoms with Crippen LogP contribution in [0.1, 0.15) is 33.8 Å². The molecule has 4 aromatic rings. The van der Waals surface area contributed by atoms with E-state index in [0.717, 1.165) is 21.8 Å². The van der Waals surface area contributed by atoms with Crippen LogP contribution in [0.15, 0.2) is 72.8 Å². The molecule has 0 saturated heterocycles. The second-order valence-corrected chi connectivity index (χ2v) is 6.71. The normalized spacial score (nSPS) is 12.2. The van der Waals surface area contributed by atoms with Crippen LogP contribution in [0.4, 0.5) is 0 Å². The summed E-state index contributed by atoms with van der Waals surface area (Å²) in [5.41, 5.74) is 8.28. The highest BCUT2D eigenvalue weighted by Crippen LogP contribution is 2.16. The quantitative estimate of drug-likeness (QED) is 0.520. The number of ketones is 2. The SMILES string of the molecule is NC(CCC(=O)c1ccc2ccccc2n1)C(=O)c1ccc2ccccc2n1. The minimum absolute atomic E-state index is 0.125. The number of aromatic nitrogens is 2. The van der Waals surface area contributed by atoms with Crippen molar-refractivity contribution in [3.63, 3.8) is 0 Å². The first-order valence-electron chi connectivity index (χ1n) is 9.16. The summed E-state index contributed by atoms with van der Waals surface area (Å²) in [6.45, 7) is 0. The van der Waals surface area contributed by atoms with Crippen LogP contribution in [0.25, 0.3) is 21.8 Å². The second kappa shape index (κ2) is 7.66. The molecule has 1 unspecified atom stereocenters. The molecular weight excluding hydrogens is 350 g/mol. The molecule has 2 N–H and O–H groups in total. The standard InChI is InChI=1S/C23H19N3O2/c24-17(23(28)21-13-10-16-6-2-4-8-19(16)26-21)11-14-22(27)20-12-9-15-5-1-3-7-18(15)25-20/h1-10,12-13,17H,11,14,24H2. The van der Waals surface area contributed by atoms with E-state index in [1.807, 2.05) is 60.7 Å². The zero-order valence-electron chi connectivity index (χ0n) is 15.2. The molecule has 5 nitrogen and oxygen atoms in total. The summed E-state index contributed by atoms with van der Waals surface area (Å²) in [6.07, 6.45) is 0.409. The van der Waals surface area contributed by atoms with Crippen molar-refractivity contribution in [3.05, 3.63) is 84.2 Å². The summed E-state index contributed by atoms with van der Waals surface area (Å²) in [4.78, 5) is 33.9. The van der Waals surface area contributed by atoms with Gasteiger partial charge in [0.2, 0.25) is 0 Å². The minimum atomic E-state index is -0.780. The molecule has 2 aromatic heterocycles. The first-order valence-corrected chi connectivity index (χ1v) is 9.16. The Bertz CT molecular complexity index is 1190. The van der Waals surface area contributed by atoms with Gasteiger partial charge >= 0.3 is 0 Å². The Labute approximate surface area is 162 Å². The van der Waals surface area contributed by atoms with Crippen LogP contribution in [0, 0.1) is 0 Å². The number of hydrogen-bond acceptors (Lipinski definition) is 5. The number of nitrogens with zero attached hydrogens (tertiary/aromatic N) is 2. The molecule has 138 valence electrons. The largest absolute Gasteiger partial charge is 0.321 e. The van der Waals surface area contributed by atoms with Crippen molar-refractivity contribution in [3.8, 4) is 0 Å². The van der Waals surface area contributed by atoms with E-state index in [-0.39, 0.29) is 24.4 Å². The number of pyridine rings is 2. The lowest BCUT2D eigenvalue weighted by Gasteiger charge is -2.10. The number of carbonyl (C=O) groups excluding carboxylic acids is 2. The molecule has 0 amide bonds. The number of nitrogens with two attached hydrogens (primary N) is 1. The third-order valence-electron chi connectivity index (χ3n) is 4.75. The van der Waals surface area contributed by atoms with E-state index < -0.39 is 6.04 Å². The van der Waals surface area contributed by atoms with E-state index in [0.29, 0.717) is 11.4 Å². The van der Waals surface area contributed by atoms with Gasteiger partial charge in [-0.25, -0.2) is 9.97 Å². The van der Waals surface area contributed by atoms with Crippen LogP contribution in [0.2, 0.25) is 0 Å². The van der Waals surface area contributed by atoms with E-state index in [1.165, 1.54) is 0 Å². The molecule has 28 heavy (non-hydrogen) atoms. The third kappa shape index (κ3) is 3.66. The number of carbonyl (C=O) groups is 2. The van der Waals surface area contributed by atoms with Crippen LogP contribution in [-0.4, -0.2) is 27.6 Å². The number of hydrogen-bond donors (Lipinski definition) is 1. The smallest absolute Gasteiger partial charge is 0.197 e. The average Bonchev–Trinajstić information content (AvgIpc) is 2.76. The number of fused-ring (bicyclic) bond motifs is 2. The van der Waals surface area contributed by atoms with Gasteiger partial charge in [0.25, 0.3) is 0 Å².